The van der Waals surface area contributed by atoms with Gasteiger partial charge in [0, 0.05) is 0 Å². The lowest BCUT2D eigenvalue weighted by molar-refractivity contribution is 0.0649. The molecule has 33 heavy (non-hydrogen) atoms. The number of hydrogen-bond donors (Lipinski definition) is 3. The van der Waals surface area contributed by atoms with Crippen LogP contribution in [0, 0.1) is 0 Å². The second kappa shape index (κ2) is 17.2. The van der Waals surface area contributed by atoms with Crippen molar-refractivity contribution >= 4 is 17.9 Å². The normalized spacial score (nSPS) is 10.9. The van der Waals surface area contributed by atoms with Crippen molar-refractivity contribution in [2.75, 3.05) is 0 Å². The number of carbonyl (C=O) groups is 3. The predicted molar refractivity (Wildman–Crippen MR) is 131 cm³/mol. The van der Waals surface area contributed by atoms with Crippen molar-refractivity contribution in [2.24, 2.45) is 0 Å². The first-order valence-electron chi connectivity index (χ1n) is 12.7. The average molecular weight is 463 g/mol. The van der Waals surface area contributed by atoms with Crippen molar-refractivity contribution in [2.45, 2.75) is 116 Å². The summed E-state index contributed by atoms with van der Waals surface area (Å²) in [6.45, 7) is 2.25. The maximum absolute atomic E-state index is 11.5. The van der Waals surface area contributed by atoms with E-state index in [1.807, 2.05) is 0 Å². The monoisotopic (exact) mass is 462 g/mol. The summed E-state index contributed by atoms with van der Waals surface area (Å²) in [6, 6.07) is 2.18. The number of rotatable bonds is 20. The van der Waals surface area contributed by atoms with E-state index in [1.54, 1.807) is 0 Å². The van der Waals surface area contributed by atoms with Crippen molar-refractivity contribution in [3.05, 3.63) is 34.4 Å². The fourth-order valence-corrected chi connectivity index (χ4v) is 4.27. The molecule has 1 aromatic carbocycles. The van der Waals surface area contributed by atoms with Gasteiger partial charge in [-0.25, -0.2) is 14.4 Å². The summed E-state index contributed by atoms with van der Waals surface area (Å²) in [5, 5.41) is 27.8. The highest BCUT2D eigenvalue weighted by molar-refractivity contribution is 6.04. The molecule has 0 atom stereocenters. The van der Waals surface area contributed by atoms with E-state index in [-0.39, 0.29) is 11.1 Å². The van der Waals surface area contributed by atoms with Crippen LogP contribution in [0.1, 0.15) is 146 Å². The van der Waals surface area contributed by atoms with Crippen LogP contribution in [-0.2, 0) is 6.42 Å². The molecule has 0 aliphatic heterocycles. The zero-order valence-electron chi connectivity index (χ0n) is 20.2. The molecule has 0 bridgehead atoms. The number of unbranched alkanes of at least 4 members (excludes halogenated alkanes) is 15. The first-order valence-corrected chi connectivity index (χ1v) is 12.7. The molecule has 0 heterocycles. The van der Waals surface area contributed by atoms with E-state index in [1.165, 1.54) is 83.1 Å². The number of carboxylic acids is 3. The lowest BCUT2D eigenvalue weighted by Gasteiger charge is -2.10. The van der Waals surface area contributed by atoms with Gasteiger partial charge in [0.15, 0.2) is 0 Å². The second-order valence-corrected chi connectivity index (χ2v) is 9.02. The van der Waals surface area contributed by atoms with Gasteiger partial charge in [0.05, 0.1) is 16.7 Å². The molecule has 1 aromatic rings. The van der Waals surface area contributed by atoms with Crippen molar-refractivity contribution in [3.63, 3.8) is 0 Å². The third-order valence-electron chi connectivity index (χ3n) is 6.23. The molecule has 0 radical (unpaired) electrons. The van der Waals surface area contributed by atoms with Gasteiger partial charge in [0.25, 0.3) is 0 Å². The van der Waals surface area contributed by atoms with E-state index in [0.717, 1.165) is 31.7 Å². The van der Waals surface area contributed by atoms with Gasteiger partial charge in [-0.3, -0.25) is 0 Å². The highest BCUT2D eigenvalue weighted by Gasteiger charge is 2.22. The van der Waals surface area contributed by atoms with Crippen molar-refractivity contribution in [1.82, 2.24) is 0 Å². The zero-order chi connectivity index (χ0) is 24.5. The minimum Gasteiger partial charge on any atom is -0.478 e. The Morgan fingerprint density at radius 2 is 0.848 bits per heavy atom. The predicted octanol–water partition coefficient (Wildman–Crippen LogP) is 7.59. The summed E-state index contributed by atoms with van der Waals surface area (Å²) in [5.41, 5.74) is -0.594. The molecular formula is C27H42O6. The third kappa shape index (κ3) is 11.9. The van der Waals surface area contributed by atoms with E-state index < -0.39 is 23.5 Å². The number of aryl methyl sites for hydroxylation is 1. The minimum absolute atomic E-state index is 0.127. The Morgan fingerprint density at radius 1 is 0.515 bits per heavy atom. The van der Waals surface area contributed by atoms with E-state index >= 15 is 0 Å². The molecule has 0 unspecified atom stereocenters. The van der Waals surface area contributed by atoms with Crippen molar-refractivity contribution in [3.8, 4) is 0 Å². The molecule has 0 saturated heterocycles. The van der Waals surface area contributed by atoms with E-state index in [9.17, 15) is 29.7 Å². The maximum atomic E-state index is 11.5. The van der Waals surface area contributed by atoms with Crippen LogP contribution in [0.5, 0.6) is 0 Å². The van der Waals surface area contributed by atoms with Crippen LogP contribution >= 0.6 is 0 Å². The lowest BCUT2D eigenvalue weighted by atomic mass is 9.94. The molecular weight excluding hydrogens is 420 g/mol. The Labute approximate surface area is 198 Å². The van der Waals surface area contributed by atoms with Crippen LogP contribution in [0.3, 0.4) is 0 Å². The summed E-state index contributed by atoms with van der Waals surface area (Å²) in [7, 11) is 0. The summed E-state index contributed by atoms with van der Waals surface area (Å²) in [6.07, 6.45) is 20.4. The molecule has 0 saturated carbocycles. The Hall–Kier alpha value is -2.37. The van der Waals surface area contributed by atoms with Crippen molar-refractivity contribution < 1.29 is 29.7 Å². The van der Waals surface area contributed by atoms with Crippen LogP contribution < -0.4 is 0 Å². The van der Waals surface area contributed by atoms with Gasteiger partial charge < -0.3 is 15.3 Å². The average Bonchev–Trinajstić information content (AvgIpc) is 2.77. The van der Waals surface area contributed by atoms with Crippen LogP contribution in [-0.4, -0.2) is 33.2 Å². The van der Waals surface area contributed by atoms with Gasteiger partial charge in [-0.2, -0.15) is 0 Å². The Bertz CT molecular complexity index is 740. The smallest absolute Gasteiger partial charge is 0.336 e. The Morgan fingerprint density at radius 3 is 1.21 bits per heavy atom. The van der Waals surface area contributed by atoms with Gasteiger partial charge in [-0.05, 0) is 30.5 Å². The van der Waals surface area contributed by atoms with Gasteiger partial charge >= 0.3 is 17.9 Å². The standard InChI is InChI=1S/C27H42O6/c1-2-3-4-5-6-7-8-9-10-11-12-13-14-15-16-17-18-21-19-23(26(30)31)24(27(32)33)20-22(21)25(28)29/h19-20H,2-18H2,1H3,(H,28,29)(H,30,31)(H,32,33). The van der Waals surface area contributed by atoms with E-state index in [2.05, 4.69) is 6.92 Å². The summed E-state index contributed by atoms with van der Waals surface area (Å²) in [5.74, 6) is -4.04. The number of carboxylic acid groups (broad SMARTS) is 3. The van der Waals surface area contributed by atoms with Crippen molar-refractivity contribution in [1.29, 1.82) is 0 Å². The largest absolute Gasteiger partial charge is 0.478 e. The Balaban J connectivity index is 2.20. The van der Waals surface area contributed by atoms with Crippen LogP contribution in [0.4, 0.5) is 0 Å². The first kappa shape index (κ1) is 28.7. The van der Waals surface area contributed by atoms with Gasteiger partial charge in [-0.1, -0.05) is 103 Å². The molecule has 0 aliphatic carbocycles. The van der Waals surface area contributed by atoms with Crippen LogP contribution in [0.25, 0.3) is 0 Å². The maximum Gasteiger partial charge on any atom is 0.336 e. The molecule has 6 heteroatoms. The van der Waals surface area contributed by atoms with Gasteiger partial charge in [-0.15, -0.1) is 0 Å². The summed E-state index contributed by atoms with van der Waals surface area (Å²) < 4.78 is 0. The van der Waals surface area contributed by atoms with E-state index in [0.29, 0.717) is 12.0 Å². The highest BCUT2D eigenvalue weighted by Crippen LogP contribution is 2.21. The van der Waals surface area contributed by atoms with Gasteiger partial charge in [0.2, 0.25) is 0 Å². The number of benzene rings is 1. The molecule has 0 fully saturated rings. The first-order chi connectivity index (χ1) is 15.9. The van der Waals surface area contributed by atoms with Crippen LogP contribution in [0.15, 0.2) is 12.1 Å². The molecule has 0 spiro atoms. The third-order valence-corrected chi connectivity index (χ3v) is 6.23. The van der Waals surface area contributed by atoms with E-state index in [4.69, 9.17) is 0 Å². The molecule has 186 valence electrons. The summed E-state index contributed by atoms with van der Waals surface area (Å²) >= 11 is 0. The lowest BCUT2D eigenvalue weighted by Crippen LogP contribution is -2.13. The minimum atomic E-state index is -1.44. The molecule has 6 nitrogen and oxygen atoms in total. The molecule has 0 aliphatic rings. The summed E-state index contributed by atoms with van der Waals surface area (Å²) in [4.78, 5) is 34.2. The molecule has 3 N–H and O–H groups in total. The fourth-order valence-electron chi connectivity index (χ4n) is 4.27. The second-order valence-electron chi connectivity index (χ2n) is 9.02. The quantitative estimate of drug-likeness (QED) is 0.172. The van der Waals surface area contributed by atoms with Gasteiger partial charge in [0.1, 0.15) is 0 Å². The molecule has 0 amide bonds. The zero-order valence-corrected chi connectivity index (χ0v) is 20.2. The Kier molecular flexibility index (Phi) is 14.9. The fraction of sp³-hybridized carbons (Fsp3) is 0.667. The number of aromatic carboxylic acids is 3. The topological polar surface area (TPSA) is 112 Å². The van der Waals surface area contributed by atoms with Crippen LogP contribution in [0.2, 0.25) is 0 Å². The molecule has 1 rings (SSSR count). The highest BCUT2D eigenvalue weighted by atomic mass is 16.4. The number of hydrogen-bond acceptors (Lipinski definition) is 3. The SMILES string of the molecule is CCCCCCCCCCCCCCCCCCc1cc(C(=O)O)c(C(=O)O)cc1C(=O)O. The molecule has 0 aromatic heterocycles.